The smallest absolute Gasteiger partial charge is 0.264 e. The number of fused-ring (bicyclic) bond motifs is 1. The van der Waals surface area contributed by atoms with Crippen molar-refractivity contribution in [3.8, 4) is 5.75 Å². The van der Waals surface area contributed by atoms with Crippen molar-refractivity contribution in [1.29, 1.82) is 0 Å². The maximum absolute atomic E-state index is 12.4. The Hall–Kier alpha value is -1.56. The first-order chi connectivity index (χ1) is 8.80. The molecule has 0 saturated heterocycles. The van der Waals surface area contributed by atoms with Crippen molar-refractivity contribution in [3.63, 3.8) is 0 Å². The molecule has 1 amide bonds. The second-order valence-corrected chi connectivity index (χ2v) is 5.96. The lowest BCUT2D eigenvalue weighted by molar-refractivity contribution is 0.0857. The second kappa shape index (κ2) is 4.85. The molecule has 0 unspecified atom stereocenters. The number of hydrogen-bond acceptors (Lipinski definition) is 4. The second-order valence-electron chi connectivity index (χ2n) is 5.04. The minimum absolute atomic E-state index is 0.189. The molecule has 1 aromatic carbocycles. The number of aliphatic imine (C=N–C) groups is 1. The van der Waals surface area contributed by atoms with Gasteiger partial charge in [-0.15, -0.1) is 0 Å². The Morgan fingerprint density at radius 2 is 2.16 bits per heavy atom. The molecule has 0 radical (unpaired) electrons. The summed E-state index contributed by atoms with van der Waals surface area (Å²) in [5, 5.41) is 0. The van der Waals surface area contributed by atoms with Crippen LogP contribution in [0.3, 0.4) is 0 Å². The van der Waals surface area contributed by atoms with Gasteiger partial charge in [0.05, 0.1) is 12.1 Å². The summed E-state index contributed by atoms with van der Waals surface area (Å²) in [6, 6.07) is 5.33. The van der Waals surface area contributed by atoms with Gasteiger partial charge in [0.25, 0.3) is 5.91 Å². The Morgan fingerprint density at radius 1 is 1.47 bits per heavy atom. The van der Waals surface area contributed by atoms with E-state index in [4.69, 9.17) is 10.5 Å². The van der Waals surface area contributed by atoms with Crippen LogP contribution in [0.25, 0.3) is 0 Å². The molecule has 0 spiro atoms. The monoisotopic (exact) mass is 325 g/mol. The molecule has 1 aliphatic heterocycles. The first-order valence-corrected chi connectivity index (χ1v) is 6.66. The van der Waals surface area contributed by atoms with Crippen molar-refractivity contribution in [2.75, 3.05) is 13.6 Å². The van der Waals surface area contributed by atoms with Crippen molar-refractivity contribution in [3.05, 3.63) is 28.2 Å². The number of halogens is 1. The van der Waals surface area contributed by atoms with Crippen molar-refractivity contribution in [2.45, 2.75) is 19.4 Å². The molecule has 0 bridgehead atoms. The van der Waals surface area contributed by atoms with Gasteiger partial charge < -0.3 is 10.5 Å². The van der Waals surface area contributed by atoms with Gasteiger partial charge in [-0.1, -0.05) is 15.9 Å². The first-order valence-electron chi connectivity index (χ1n) is 5.87. The molecule has 2 N–H and O–H groups in total. The molecule has 5 nitrogen and oxygen atoms in total. The highest BCUT2D eigenvalue weighted by atomic mass is 79.9. The molecule has 0 fully saturated rings. The molecular weight excluding hydrogens is 310 g/mol. The Kier molecular flexibility index (Phi) is 3.54. The summed E-state index contributed by atoms with van der Waals surface area (Å²) in [5.41, 5.74) is 5.75. The average molecular weight is 326 g/mol. The van der Waals surface area contributed by atoms with E-state index in [1.807, 2.05) is 19.9 Å². The van der Waals surface area contributed by atoms with Crippen LogP contribution in [0.4, 0.5) is 0 Å². The molecule has 6 heteroatoms. The average Bonchev–Trinajstić information content (AvgIpc) is 2.37. The summed E-state index contributed by atoms with van der Waals surface area (Å²) in [4.78, 5) is 17.9. The summed E-state index contributed by atoms with van der Waals surface area (Å²) < 4.78 is 6.70. The maximum Gasteiger partial charge on any atom is 0.264 e. The molecule has 0 saturated carbocycles. The highest BCUT2D eigenvalue weighted by Crippen LogP contribution is 2.28. The van der Waals surface area contributed by atoms with E-state index >= 15 is 0 Å². The highest BCUT2D eigenvalue weighted by Gasteiger charge is 2.27. The fourth-order valence-electron chi connectivity index (χ4n) is 1.75. The van der Waals surface area contributed by atoms with Crippen LogP contribution in [0.2, 0.25) is 0 Å². The Balaban J connectivity index is 2.58. The maximum atomic E-state index is 12.4. The Bertz CT molecular complexity index is 555. The minimum Gasteiger partial charge on any atom is -0.485 e. The Labute approximate surface area is 120 Å². The quantitative estimate of drug-likeness (QED) is 0.793. The molecule has 2 rings (SSSR count). The molecule has 1 aromatic rings. The molecule has 1 heterocycles. The SMILES string of the molecule is CN1C(=O)c2cc(Br)ccc2OC(C)(C)CN=C1N. The number of guanidine groups is 1. The lowest BCUT2D eigenvalue weighted by Crippen LogP contribution is -2.39. The molecule has 1 aliphatic rings. The van der Waals surface area contributed by atoms with Crippen molar-refractivity contribution in [2.24, 2.45) is 10.7 Å². The minimum atomic E-state index is -0.529. The predicted octanol–water partition coefficient (Wildman–Crippen LogP) is 2.01. The number of hydrogen-bond donors (Lipinski definition) is 1. The predicted molar refractivity (Wildman–Crippen MR) is 77.4 cm³/mol. The number of ether oxygens (including phenoxy) is 1. The van der Waals surface area contributed by atoms with Crippen LogP contribution in [0.15, 0.2) is 27.7 Å². The van der Waals surface area contributed by atoms with Crippen LogP contribution < -0.4 is 10.5 Å². The first kappa shape index (κ1) is 13.9. The van der Waals surface area contributed by atoms with E-state index in [9.17, 15) is 4.79 Å². The number of nitrogens with two attached hydrogens (primary N) is 1. The van der Waals surface area contributed by atoms with E-state index in [-0.39, 0.29) is 11.9 Å². The molecular formula is C13H16BrN3O2. The number of amides is 1. The fourth-order valence-corrected chi connectivity index (χ4v) is 2.11. The van der Waals surface area contributed by atoms with Gasteiger partial charge in [-0.2, -0.15) is 0 Å². The van der Waals surface area contributed by atoms with Crippen LogP contribution in [0.5, 0.6) is 5.75 Å². The van der Waals surface area contributed by atoms with Crippen LogP contribution in [-0.2, 0) is 0 Å². The third-order valence-electron chi connectivity index (χ3n) is 2.83. The molecule has 0 aliphatic carbocycles. The fraction of sp³-hybridized carbons (Fsp3) is 0.385. The van der Waals surface area contributed by atoms with Gasteiger partial charge in [0.2, 0.25) is 0 Å². The third-order valence-corrected chi connectivity index (χ3v) is 3.32. The highest BCUT2D eigenvalue weighted by molar-refractivity contribution is 9.10. The van der Waals surface area contributed by atoms with Gasteiger partial charge in [0.1, 0.15) is 11.4 Å². The lowest BCUT2D eigenvalue weighted by Gasteiger charge is -2.25. The number of benzene rings is 1. The van der Waals surface area contributed by atoms with Gasteiger partial charge in [0, 0.05) is 11.5 Å². The van der Waals surface area contributed by atoms with Gasteiger partial charge in [0.15, 0.2) is 5.96 Å². The number of rotatable bonds is 0. The summed E-state index contributed by atoms with van der Waals surface area (Å²) in [5.74, 6) is 0.486. The van der Waals surface area contributed by atoms with E-state index in [1.54, 1.807) is 19.2 Å². The van der Waals surface area contributed by atoms with Crippen LogP contribution in [0.1, 0.15) is 24.2 Å². The summed E-state index contributed by atoms with van der Waals surface area (Å²) in [6.45, 7) is 4.20. The molecule has 102 valence electrons. The van der Waals surface area contributed by atoms with Crippen LogP contribution in [0, 0.1) is 0 Å². The number of carbonyl (C=O) groups excluding carboxylic acids is 1. The Morgan fingerprint density at radius 3 is 2.84 bits per heavy atom. The molecule has 19 heavy (non-hydrogen) atoms. The third kappa shape index (κ3) is 2.89. The summed E-state index contributed by atoms with van der Waals surface area (Å²) in [6.07, 6.45) is 0. The van der Waals surface area contributed by atoms with Gasteiger partial charge in [-0.25, -0.2) is 4.99 Å². The number of nitrogens with zero attached hydrogens (tertiary/aromatic N) is 2. The summed E-state index contributed by atoms with van der Waals surface area (Å²) in [7, 11) is 1.60. The van der Waals surface area contributed by atoms with Gasteiger partial charge in [-0.05, 0) is 32.0 Å². The summed E-state index contributed by atoms with van der Waals surface area (Å²) >= 11 is 3.36. The number of carbonyl (C=O) groups is 1. The van der Waals surface area contributed by atoms with E-state index in [1.165, 1.54) is 4.90 Å². The molecule has 0 aromatic heterocycles. The van der Waals surface area contributed by atoms with Gasteiger partial charge in [-0.3, -0.25) is 9.69 Å². The lowest BCUT2D eigenvalue weighted by atomic mass is 10.1. The topological polar surface area (TPSA) is 67.9 Å². The van der Waals surface area contributed by atoms with E-state index in [0.29, 0.717) is 17.9 Å². The molecule has 0 atom stereocenters. The van der Waals surface area contributed by atoms with Crippen molar-refractivity contribution < 1.29 is 9.53 Å². The standard InChI is InChI=1S/C13H16BrN3O2/c1-13(2)7-16-12(15)17(3)11(18)9-6-8(14)4-5-10(9)19-13/h4-6H,7H2,1-3H3,(H2,15,16). The van der Waals surface area contributed by atoms with Crippen molar-refractivity contribution in [1.82, 2.24) is 4.90 Å². The van der Waals surface area contributed by atoms with E-state index in [2.05, 4.69) is 20.9 Å². The normalized spacial score (nSPS) is 18.6. The largest absolute Gasteiger partial charge is 0.485 e. The zero-order chi connectivity index (χ0) is 14.2. The van der Waals surface area contributed by atoms with E-state index in [0.717, 1.165) is 4.47 Å². The zero-order valence-corrected chi connectivity index (χ0v) is 12.7. The van der Waals surface area contributed by atoms with Gasteiger partial charge >= 0.3 is 0 Å². The van der Waals surface area contributed by atoms with Crippen LogP contribution in [-0.4, -0.2) is 36.0 Å². The van der Waals surface area contributed by atoms with Crippen molar-refractivity contribution >= 4 is 27.8 Å². The van der Waals surface area contributed by atoms with E-state index < -0.39 is 5.60 Å². The zero-order valence-electron chi connectivity index (χ0n) is 11.1. The van der Waals surface area contributed by atoms with Crippen LogP contribution >= 0.6 is 15.9 Å².